The molecule has 5 aliphatic rings. The van der Waals surface area contributed by atoms with Crippen LogP contribution in [-0.4, -0.2) is 205 Å². The van der Waals surface area contributed by atoms with Crippen LogP contribution in [0.5, 0.6) is 23.0 Å². The lowest BCUT2D eigenvalue weighted by Gasteiger charge is -2.44. The summed E-state index contributed by atoms with van der Waals surface area (Å²) in [6, 6.07) is 27.5. The Morgan fingerprint density at radius 2 is 0.808 bits per heavy atom. The molecular formula is C95H83Cl4F7N16O8. The average molecular weight is 1850 g/mol. The summed E-state index contributed by atoms with van der Waals surface area (Å²) in [5.41, 5.74) is -1.26. The highest BCUT2D eigenvalue weighted by molar-refractivity contribution is 6.36. The molecule has 35 heteroatoms. The van der Waals surface area contributed by atoms with Gasteiger partial charge in [-0.05, 0) is 153 Å². The Bertz CT molecular complexity index is 6710. The molecule has 0 bridgehead atoms. The van der Waals surface area contributed by atoms with Crippen molar-refractivity contribution in [2.45, 2.75) is 76.7 Å². The van der Waals surface area contributed by atoms with Crippen LogP contribution in [0.3, 0.4) is 0 Å². The van der Waals surface area contributed by atoms with E-state index >= 15 is 17.6 Å². The van der Waals surface area contributed by atoms with Crippen LogP contribution < -0.4 is 19.6 Å². The zero-order valence-corrected chi connectivity index (χ0v) is 73.4. The molecule has 130 heavy (non-hydrogen) atoms. The van der Waals surface area contributed by atoms with E-state index in [4.69, 9.17) is 46.4 Å². The van der Waals surface area contributed by atoms with E-state index in [-0.39, 0.29) is 140 Å². The van der Waals surface area contributed by atoms with Gasteiger partial charge in [0, 0.05) is 140 Å². The van der Waals surface area contributed by atoms with Crippen LogP contribution in [0, 0.1) is 40.7 Å². The minimum atomic E-state index is -0.849. The van der Waals surface area contributed by atoms with Gasteiger partial charge >= 0.3 is 0 Å². The summed E-state index contributed by atoms with van der Waals surface area (Å²) in [6.45, 7) is 27.5. The molecule has 0 unspecified atom stereocenters. The molecule has 0 radical (unpaired) electrons. The first-order valence-electron chi connectivity index (χ1n) is 41.3. The van der Waals surface area contributed by atoms with Gasteiger partial charge in [0.1, 0.15) is 111 Å². The van der Waals surface area contributed by atoms with E-state index in [0.717, 1.165) is 48.2 Å². The highest BCUT2D eigenvalue weighted by atomic mass is 35.5. The van der Waals surface area contributed by atoms with E-state index in [1.165, 1.54) is 110 Å². The lowest BCUT2D eigenvalue weighted by molar-refractivity contribution is -0.131. The van der Waals surface area contributed by atoms with E-state index in [2.05, 4.69) is 71.1 Å². The van der Waals surface area contributed by atoms with E-state index in [1.54, 1.807) is 31.7 Å². The zero-order chi connectivity index (χ0) is 92.7. The van der Waals surface area contributed by atoms with Gasteiger partial charge in [-0.15, -0.1) is 0 Å². The maximum Gasteiger partial charge on any atom is 0.246 e. The van der Waals surface area contributed by atoms with Crippen molar-refractivity contribution in [3.63, 3.8) is 0 Å². The monoisotopic (exact) mass is 1850 g/mol. The molecular weight excluding hydrogens is 1770 g/mol. The second kappa shape index (κ2) is 37.7. The number of aromatic hydroxyl groups is 4. The van der Waals surface area contributed by atoms with E-state index < -0.39 is 58.0 Å². The number of aromatic nitrogens is 8. The Morgan fingerprint density at radius 1 is 0.415 bits per heavy atom. The molecule has 18 rings (SSSR count). The van der Waals surface area contributed by atoms with Gasteiger partial charge in [-0.2, -0.15) is 0 Å². The molecule has 668 valence electrons. The van der Waals surface area contributed by atoms with Crippen molar-refractivity contribution in [1.82, 2.24) is 59.5 Å². The number of anilines is 4. The van der Waals surface area contributed by atoms with Crippen LogP contribution in [0.15, 0.2) is 191 Å². The van der Waals surface area contributed by atoms with Gasteiger partial charge in [0.2, 0.25) is 23.6 Å². The summed E-state index contributed by atoms with van der Waals surface area (Å²) < 4.78 is 106. The smallest absolute Gasteiger partial charge is 0.246 e. The SMILES string of the molecule is C=CC(=O)N1CCN(c2ncnc3c(F)c(-c4c(O)cccc4F)c(Cl)cc23)C2(CC2)C1.C=CC(=O)N1CCN(c2ncnc3c(F)c(-c4c(O)cccc4F)c(Cl)cc23)[C@@H](CC)C1.C=CC(=O)N1CCN(c2ncnc3c(F)c(-c4cc(O)cc5ccccc45)c(Cl)cc23)[C@@H](C)C1.C=CC(=O)N1[C@H](C)CN(c2ncnc3c(F)c(-c4c(O)cccc4F)c(Cl)cc23)C[C@@H]1C. The molecule has 4 aromatic heterocycles. The van der Waals surface area contributed by atoms with E-state index in [1.807, 2.05) is 66.7 Å². The summed E-state index contributed by atoms with van der Waals surface area (Å²) >= 11 is 25.9. The number of phenols is 4. The first kappa shape index (κ1) is 91.3. The predicted molar refractivity (Wildman–Crippen MR) is 490 cm³/mol. The molecule has 1 saturated carbocycles. The highest BCUT2D eigenvalue weighted by Crippen LogP contribution is 2.51. The van der Waals surface area contributed by atoms with Crippen LogP contribution in [-0.2, 0) is 19.2 Å². The second-order valence-corrected chi connectivity index (χ2v) is 33.5. The minimum absolute atomic E-state index is 0.0162. The normalized spacial score (nSPS) is 17.1. The molecule has 1 aliphatic carbocycles. The van der Waals surface area contributed by atoms with Crippen LogP contribution in [0.25, 0.3) is 98.9 Å². The lowest BCUT2D eigenvalue weighted by atomic mass is 9.96. The summed E-state index contributed by atoms with van der Waals surface area (Å²) in [7, 11) is 0. The predicted octanol–water partition coefficient (Wildman–Crippen LogP) is 18.6. The highest BCUT2D eigenvalue weighted by Gasteiger charge is 2.53. The number of amides is 4. The topological polar surface area (TPSA) is 278 Å². The van der Waals surface area contributed by atoms with Crippen molar-refractivity contribution in [1.29, 1.82) is 0 Å². The molecule has 1 spiro atoms. The van der Waals surface area contributed by atoms with Crippen LogP contribution in [0.1, 0.15) is 47.0 Å². The maximum atomic E-state index is 16.0. The van der Waals surface area contributed by atoms with Crippen molar-refractivity contribution >= 4 is 148 Å². The number of carbonyl (C=O) groups excluding carboxylic acids is 4. The molecule has 13 aromatic rings. The number of hydrogen-bond donors (Lipinski definition) is 4. The van der Waals surface area contributed by atoms with Gasteiger partial charge < -0.3 is 59.6 Å². The Kier molecular flexibility index (Phi) is 26.4. The molecule has 9 aromatic carbocycles. The van der Waals surface area contributed by atoms with Gasteiger partial charge in [-0.25, -0.2) is 70.6 Å². The summed E-state index contributed by atoms with van der Waals surface area (Å²) in [4.78, 5) is 97.5. The molecule has 5 fully saturated rings. The number of piperazine rings is 4. The van der Waals surface area contributed by atoms with Gasteiger partial charge in [0.25, 0.3) is 0 Å². The summed E-state index contributed by atoms with van der Waals surface area (Å²) in [5, 5.41) is 43.8. The van der Waals surface area contributed by atoms with Gasteiger partial charge in [0.15, 0.2) is 23.3 Å². The molecule has 24 nitrogen and oxygen atoms in total. The van der Waals surface area contributed by atoms with Crippen molar-refractivity contribution in [2.75, 3.05) is 91.6 Å². The lowest BCUT2D eigenvalue weighted by Crippen LogP contribution is -2.58. The Labute approximate surface area is 760 Å². The number of nitrogens with zero attached hydrogens (tertiary/aromatic N) is 16. The van der Waals surface area contributed by atoms with E-state index in [0.29, 0.717) is 122 Å². The molecule has 4 saturated heterocycles. The van der Waals surface area contributed by atoms with Gasteiger partial charge in [0.05, 0.1) is 42.3 Å². The fourth-order valence-corrected chi connectivity index (χ4v) is 18.9. The van der Waals surface area contributed by atoms with Crippen LogP contribution >= 0.6 is 46.4 Å². The maximum absolute atomic E-state index is 16.0. The molecule has 4 N–H and O–H groups in total. The zero-order valence-electron chi connectivity index (χ0n) is 70.4. The first-order chi connectivity index (χ1) is 62.3. The van der Waals surface area contributed by atoms with Crippen molar-refractivity contribution in [3.05, 3.63) is 252 Å². The number of rotatable bonds is 13. The molecule has 4 amide bonds. The number of fused-ring (bicyclic) bond motifs is 5. The Hall–Kier alpha value is -13.5. The molecule has 4 aliphatic heterocycles. The summed E-state index contributed by atoms with van der Waals surface area (Å²) in [5.74, 6) is -5.23. The Balaban J connectivity index is 0.000000133. The molecule has 4 atom stereocenters. The van der Waals surface area contributed by atoms with Crippen molar-refractivity contribution in [2.24, 2.45) is 0 Å². The molecule has 8 heterocycles. The minimum Gasteiger partial charge on any atom is -0.508 e. The van der Waals surface area contributed by atoms with E-state index in [9.17, 15) is 52.8 Å². The van der Waals surface area contributed by atoms with Crippen molar-refractivity contribution < 1.29 is 70.3 Å². The van der Waals surface area contributed by atoms with Gasteiger partial charge in [-0.3, -0.25) is 19.2 Å². The number of benzene rings is 9. The van der Waals surface area contributed by atoms with Crippen molar-refractivity contribution in [3.8, 4) is 67.5 Å². The third kappa shape index (κ3) is 17.2. The largest absolute Gasteiger partial charge is 0.508 e. The third-order valence-corrected chi connectivity index (χ3v) is 25.2. The fourth-order valence-electron chi connectivity index (χ4n) is 17.8. The van der Waals surface area contributed by atoms with Crippen LogP contribution in [0.4, 0.5) is 54.0 Å². The summed E-state index contributed by atoms with van der Waals surface area (Å²) in [6.07, 6.45) is 12.7. The standard InChI is InChI=1S/C26H22ClFN4O2.C23H19ClF2N4O2.2C23H21ClF2N4O2/c1-3-22(34)31-8-9-32(15(2)13-31)26-20-12-21(27)23(24(28)25(20)29-14-30-26)19-11-17(33)10-16-6-4-5-7-18(16)19;1-2-17(32)29-8-9-30(23(11-29)6-7-23)22-13-10-14(24)18(20(26)21(13)27-12-28-22)19-15(25)4-3-5-16(19)31;1-4-18(32)30-12(2)9-29(10-13(30)3)23-14-8-15(24)19(21(26)22(14)27-11-28-23)20-16(25)6-5-7-17(20)31;1-3-13-11-29(18(32)4-2)8-9-30(13)23-14-10-15(24)19(21(26)22(14)27-12-28-23)20-16(25)6-5-7-17(20)31/h3-7,10-12,14-15,33H,1,8-9,13H2,2H3;2-5,10,12,31H,1,6-9,11H2;4-8,11-13,31H,1,9-10H2,2-3H3;4-7,10,12-13,31H,2-3,8-9,11H2,1H3/t15-;;12-,13+;13-/m0..0/s1. The quantitative estimate of drug-likeness (QED) is 0.0616. The second-order valence-electron chi connectivity index (χ2n) is 31.8. The average Bonchev–Trinajstić information content (AvgIpc) is 1.55. The number of halogens is 11. The number of phenolic OH excluding ortho intramolecular Hbond substituents is 4. The third-order valence-electron chi connectivity index (χ3n) is 24.0. The number of carbonyl (C=O) groups is 4. The first-order valence-corrected chi connectivity index (χ1v) is 42.8. The van der Waals surface area contributed by atoms with Crippen LogP contribution in [0.2, 0.25) is 20.1 Å². The van der Waals surface area contributed by atoms with Gasteiger partial charge in [-0.1, -0.05) is 122 Å². The number of hydrogen-bond acceptors (Lipinski definition) is 20. The Morgan fingerprint density at radius 3 is 1.25 bits per heavy atom. The fraction of sp³-hybridized carbons (Fsp3) is 0.242.